The van der Waals surface area contributed by atoms with E-state index in [1.54, 1.807) is 13.8 Å². The molecule has 1 aliphatic carbocycles. The summed E-state index contributed by atoms with van der Waals surface area (Å²) in [6.45, 7) is 7.87. The van der Waals surface area contributed by atoms with Crippen LogP contribution in [0.15, 0.2) is 6.07 Å². The van der Waals surface area contributed by atoms with Crippen molar-refractivity contribution in [1.29, 1.82) is 0 Å². The maximum atomic E-state index is 12.2. The zero-order chi connectivity index (χ0) is 18.6. The number of carbonyl (C=O) groups excluding carboxylic acids is 1. The number of nitrogens with one attached hydrogen (secondary N) is 2. The highest BCUT2D eigenvalue weighted by Gasteiger charge is 2.19. The monoisotopic (exact) mass is 366 g/mol. The second kappa shape index (κ2) is 8.32. The van der Waals surface area contributed by atoms with Gasteiger partial charge in [-0.25, -0.2) is 13.1 Å². The number of sulfonamides is 1. The molecule has 0 unspecified atom stereocenters. The molecule has 0 spiro atoms. The molecule has 0 saturated heterocycles. The lowest BCUT2D eigenvalue weighted by Gasteiger charge is -2.15. The number of hydrogen-bond acceptors (Lipinski definition) is 3. The number of carbonyl (C=O) groups is 1. The van der Waals surface area contributed by atoms with Crippen LogP contribution in [0.3, 0.4) is 0 Å². The Hall–Kier alpha value is -1.40. The van der Waals surface area contributed by atoms with Crippen molar-refractivity contribution >= 4 is 21.6 Å². The number of benzene rings is 1. The predicted molar refractivity (Wildman–Crippen MR) is 102 cm³/mol. The molecule has 0 radical (unpaired) electrons. The number of hydrogen-bond donors (Lipinski definition) is 2. The van der Waals surface area contributed by atoms with E-state index in [-0.39, 0.29) is 5.91 Å². The summed E-state index contributed by atoms with van der Waals surface area (Å²) in [4.78, 5) is 12.2. The van der Waals surface area contributed by atoms with Gasteiger partial charge in [-0.3, -0.25) is 4.79 Å². The van der Waals surface area contributed by atoms with Crippen LogP contribution in [0.5, 0.6) is 0 Å². The van der Waals surface area contributed by atoms with Gasteiger partial charge in [0.25, 0.3) is 0 Å². The fraction of sp³-hybridized carbons (Fsp3) is 0.632. The summed E-state index contributed by atoms with van der Waals surface area (Å²) in [5.74, 6) is -0.00726. The van der Waals surface area contributed by atoms with Crippen molar-refractivity contribution < 1.29 is 13.2 Å². The van der Waals surface area contributed by atoms with Gasteiger partial charge in [-0.15, -0.1) is 0 Å². The Morgan fingerprint density at radius 2 is 1.84 bits per heavy atom. The number of amides is 1. The van der Waals surface area contributed by atoms with Crippen LogP contribution in [0.25, 0.3) is 0 Å². The molecular weight excluding hydrogens is 336 g/mol. The van der Waals surface area contributed by atoms with E-state index < -0.39 is 15.3 Å². The third kappa shape index (κ3) is 5.05. The topological polar surface area (TPSA) is 75.3 Å². The van der Waals surface area contributed by atoms with E-state index in [2.05, 4.69) is 30.0 Å². The summed E-state index contributed by atoms with van der Waals surface area (Å²) in [5.41, 5.74) is 6.22. The van der Waals surface area contributed by atoms with Gasteiger partial charge in [0, 0.05) is 18.7 Å². The molecule has 1 aromatic rings. The first kappa shape index (κ1) is 19.9. The first-order chi connectivity index (χ1) is 11.7. The molecule has 5 nitrogen and oxygen atoms in total. The van der Waals surface area contributed by atoms with E-state index in [0.29, 0.717) is 25.8 Å². The Bertz CT molecular complexity index is 740. The largest absolute Gasteiger partial charge is 0.326 e. The zero-order valence-electron chi connectivity index (χ0n) is 15.7. The Labute approximate surface area is 151 Å². The molecule has 0 fully saturated rings. The maximum absolute atomic E-state index is 12.2. The average Bonchev–Trinajstić information content (AvgIpc) is 3.02. The van der Waals surface area contributed by atoms with Crippen LogP contribution < -0.4 is 10.0 Å². The van der Waals surface area contributed by atoms with Crippen LogP contribution >= 0.6 is 0 Å². The molecule has 25 heavy (non-hydrogen) atoms. The van der Waals surface area contributed by atoms with Crippen molar-refractivity contribution in [3.63, 3.8) is 0 Å². The molecule has 0 aliphatic heterocycles. The molecular formula is C19H30N2O3S. The van der Waals surface area contributed by atoms with Crippen LogP contribution in [0.1, 0.15) is 61.8 Å². The second-order valence-corrected chi connectivity index (χ2v) is 9.49. The summed E-state index contributed by atoms with van der Waals surface area (Å²) in [6.07, 6.45) is 5.15. The molecule has 0 heterocycles. The van der Waals surface area contributed by atoms with Crippen LogP contribution in [0, 0.1) is 13.8 Å². The van der Waals surface area contributed by atoms with Crippen LogP contribution in [-0.4, -0.2) is 26.1 Å². The number of anilines is 1. The summed E-state index contributed by atoms with van der Waals surface area (Å²) in [7, 11) is -3.21. The van der Waals surface area contributed by atoms with Gasteiger partial charge in [0.15, 0.2) is 0 Å². The van der Waals surface area contributed by atoms with Gasteiger partial charge in [-0.1, -0.05) is 0 Å². The molecule has 140 valence electrons. The van der Waals surface area contributed by atoms with E-state index in [0.717, 1.165) is 18.5 Å². The number of aryl methyl sites for hydroxylation is 1. The second-order valence-electron chi connectivity index (χ2n) is 7.17. The molecule has 0 saturated carbocycles. The van der Waals surface area contributed by atoms with Gasteiger partial charge in [0.05, 0.1) is 5.25 Å². The van der Waals surface area contributed by atoms with Gasteiger partial charge in [-0.05, 0) is 88.1 Å². The minimum absolute atomic E-state index is 0.00726. The normalized spacial score (nSPS) is 14.0. The number of rotatable bonds is 8. The Kier molecular flexibility index (Phi) is 6.63. The van der Waals surface area contributed by atoms with Crippen molar-refractivity contribution in [2.24, 2.45) is 0 Å². The predicted octanol–water partition coefficient (Wildman–Crippen LogP) is 3.23. The average molecular weight is 367 g/mol. The van der Waals surface area contributed by atoms with Gasteiger partial charge in [0.1, 0.15) is 0 Å². The highest BCUT2D eigenvalue weighted by molar-refractivity contribution is 7.90. The van der Waals surface area contributed by atoms with Gasteiger partial charge < -0.3 is 5.32 Å². The first-order valence-corrected chi connectivity index (χ1v) is 10.7. The van der Waals surface area contributed by atoms with E-state index in [9.17, 15) is 13.2 Å². The van der Waals surface area contributed by atoms with Crippen molar-refractivity contribution in [2.75, 3.05) is 11.9 Å². The lowest BCUT2D eigenvalue weighted by molar-refractivity contribution is -0.116. The summed E-state index contributed by atoms with van der Waals surface area (Å²) in [5, 5.41) is 2.60. The van der Waals surface area contributed by atoms with E-state index >= 15 is 0 Å². The Balaban J connectivity index is 1.81. The summed E-state index contributed by atoms with van der Waals surface area (Å²) < 4.78 is 25.8. The maximum Gasteiger partial charge on any atom is 0.224 e. The van der Waals surface area contributed by atoms with Crippen LogP contribution in [0.2, 0.25) is 0 Å². The molecule has 0 aromatic heterocycles. The molecule has 1 aromatic carbocycles. The molecule has 2 N–H and O–H groups in total. The van der Waals surface area contributed by atoms with Gasteiger partial charge >= 0.3 is 0 Å². The fourth-order valence-corrected chi connectivity index (χ4v) is 4.06. The Morgan fingerprint density at radius 1 is 1.16 bits per heavy atom. The van der Waals surface area contributed by atoms with E-state index in [4.69, 9.17) is 0 Å². The van der Waals surface area contributed by atoms with Crippen molar-refractivity contribution in [3.8, 4) is 0 Å². The van der Waals surface area contributed by atoms with Crippen LogP contribution in [-0.2, 0) is 27.7 Å². The van der Waals surface area contributed by atoms with Crippen molar-refractivity contribution in [2.45, 2.75) is 71.5 Å². The lowest BCUT2D eigenvalue weighted by atomic mass is 9.98. The molecule has 6 heteroatoms. The summed E-state index contributed by atoms with van der Waals surface area (Å²) in [6, 6.07) is 2.08. The quantitative estimate of drug-likeness (QED) is 0.694. The lowest BCUT2D eigenvalue weighted by Crippen LogP contribution is -2.31. The molecule has 1 amide bonds. The van der Waals surface area contributed by atoms with Gasteiger partial charge in [-0.2, -0.15) is 0 Å². The standard InChI is InChI=1S/C19H30N2O3S/c1-13(2)25(23,24)20-11-6-5-10-19(22)21-18-12-14(3)16-8-7-9-17(16)15(18)4/h12-13,20H,5-11H2,1-4H3,(H,21,22). The van der Waals surface area contributed by atoms with Gasteiger partial charge in [0.2, 0.25) is 15.9 Å². The zero-order valence-corrected chi connectivity index (χ0v) is 16.6. The smallest absolute Gasteiger partial charge is 0.224 e. The van der Waals surface area contributed by atoms with E-state index in [1.807, 2.05) is 0 Å². The minimum atomic E-state index is -3.21. The molecule has 1 aliphatic rings. The van der Waals surface area contributed by atoms with Crippen molar-refractivity contribution in [3.05, 3.63) is 28.3 Å². The fourth-order valence-electron chi connectivity index (χ4n) is 3.30. The Morgan fingerprint density at radius 3 is 2.52 bits per heavy atom. The molecule has 0 atom stereocenters. The van der Waals surface area contributed by atoms with Crippen LogP contribution in [0.4, 0.5) is 5.69 Å². The third-order valence-electron chi connectivity index (χ3n) is 4.94. The van der Waals surface area contributed by atoms with E-state index in [1.165, 1.54) is 28.7 Å². The number of unbranched alkanes of at least 4 members (excludes halogenated alkanes) is 1. The first-order valence-electron chi connectivity index (χ1n) is 9.12. The summed E-state index contributed by atoms with van der Waals surface area (Å²) >= 11 is 0. The number of fused-ring (bicyclic) bond motifs is 1. The highest BCUT2D eigenvalue weighted by atomic mass is 32.2. The third-order valence-corrected chi connectivity index (χ3v) is 6.79. The minimum Gasteiger partial charge on any atom is -0.326 e. The molecule has 2 rings (SSSR count). The highest BCUT2D eigenvalue weighted by Crippen LogP contribution is 2.32. The SMILES string of the molecule is Cc1cc(NC(=O)CCCCNS(=O)(=O)C(C)C)c(C)c2c1CCC2. The molecule has 0 bridgehead atoms. The van der Waals surface area contributed by atoms with Crippen molar-refractivity contribution in [1.82, 2.24) is 4.72 Å².